The van der Waals surface area contributed by atoms with Gasteiger partial charge >= 0.3 is 0 Å². The molecule has 37 heavy (non-hydrogen) atoms. The maximum Gasteiger partial charge on any atom is 0.181 e. The molecule has 0 unspecified atom stereocenters. The molecule has 3 N–H and O–H groups in total. The van der Waals surface area contributed by atoms with Gasteiger partial charge in [-0.25, -0.2) is 4.98 Å². The molecule has 2 aliphatic rings. The summed E-state index contributed by atoms with van der Waals surface area (Å²) in [6.07, 6.45) is 21.9. The normalized spacial score (nSPS) is 15.6. The van der Waals surface area contributed by atoms with Crippen LogP contribution < -0.4 is 5.32 Å². The molecule has 1 saturated carbocycles. The van der Waals surface area contributed by atoms with E-state index in [-0.39, 0.29) is 0 Å². The number of fused-ring (bicyclic) bond motifs is 2. The van der Waals surface area contributed by atoms with Crippen molar-refractivity contribution in [3.05, 3.63) is 85.3 Å². The molecule has 7 heteroatoms. The smallest absolute Gasteiger partial charge is 0.181 e. The maximum atomic E-state index is 4.64. The summed E-state index contributed by atoms with van der Waals surface area (Å²) >= 11 is 0. The van der Waals surface area contributed by atoms with Gasteiger partial charge in [0.15, 0.2) is 5.65 Å². The third-order valence-corrected chi connectivity index (χ3v) is 7.53. The van der Waals surface area contributed by atoms with Gasteiger partial charge in [-0.15, -0.1) is 0 Å². The van der Waals surface area contributed by atoms with Crippen LogP contribution in [0.4, 0.5) is 5.69 Å². The minimum Gasteiger partial charge on any atom is -0.358 e. The molecule has 0 radical (unpaired) electrons. The first kappa shape index (κ1) is 21.7. The highest BCUT2D eigenvalue weighted by molar-refractivity contribution is 6.00. The first-order valence-corrected chi connectivity index (χ1v) is 12.8. The molecule has 7 rings (SSSR count). The number of allylic oxidation sites excluding steroid dienone is 5. The molecule has 0 aliphatic heterocycles. The largest absolute Gasteiger partial charge is 0.358 e. The highest BCUT2D eigenvalue weighted by atomic mass is 15.2. The van der Waals surface area contributed by atoms with E-state index in [0.717, 1.165) is 62.2 Å². The zero-order chi connectivity index (χ0) is 24.8. The molecule has 2 aliphatic carbocycles. The standard InChI is InChI=1S/C30H27N7/c1-18(19-6-2-3-7-19)34-23-10-21(13-31-15-23)22-11-25-29(36-37-30(25)33-14-22)27-12-24-26(20-8-4-5-9-20)16-32-17-28(24)35-27/h4,8-17,19,34-35H,1-3,5-7H2,(H,33,36,37). The molecular weight excluding hydrogens is 458 g/mol. The van der Waals surface area contributed by atoms with Gasteiger partial charge in [-0.2, -0.15) is 5.10 Å². The molecule has 0 aromatic carbocycles. The lowest BCUT2D eigenvalue weighted by Gasteiger charge is -2.15. The van der Waals surface area contributed by atoms with E-state index in [0.29, 0.717) is 11.6 Å². The van der Waals surface area contributed by atoms with Crippen molar-refractivity contribution in [2.24, 2.45) is 5.92 Å². The number of pyridine rings is 3. The van der Waals surface area contributed by atoms with Crippen molar-refractivity contribution in [2.75, 3.05) is 5.32 Å². The Balaban J connectivity index is 1.24. The van der Waals surface area contributed by atoms with Crippen LogP contribution in [0.15, 0.2) is 79.7 Å². The van der Waals surface area contributed by atoms with E-state index in [4.69, 9.17) is 0 Å². The molecular formula is C30H27N7. The summed E-state index contributed by atoms with van der Waals surface area (Å²) in [7, 11) is 0. The molecule has 5 aromatic heterocycles. The summed E-state index contributed by atoms with van der Waals surface area (Å²) in [4.78, 5) is 17.1. The van der Waals surface area contributed by atoms with Crippen LogP contribution in [-0.4, -0.2) is 30.1 Å². The van der Waals surface area contributed by atoms with Gasteiger partial charge < -0.3 is 10.3 Å². The molecule has 0 amide bonds. The van der Waals surface area contributed by atoms with Gasteiger partial charge in [0, 0.05) is 51.8 Å². The lowest BCUT2D eigenvalue weighted by Crippen LogP contribution is -2.07. The first-order chi connectivity index (χ1) is 18.2. The average molecular weight is 486 g/mol. The number of aromatic amines is 2. The van der Waals surface area contributed by atoms with Crippen molar-refractivity contribution < 1.29 is 0 Å². The Hall–Kier alpha value is -4.52. The fourth-order valence-electron chi connectivity index (χ4n) is 5.56. The molecule has 1 fully saturated rings. The maximum absolute atomic E-state index is 4.64. The molecule has 0 spiro atoms. The van der Waals surface area contributed by atoms with E-state index in [1.807, 2.05) is 31.0 Å². The predicted molar refractivity (Wildman–Crippen MR) is 149 cm³/mol. The van der Waals surface area contributed by atoms with Crippen molar-refractivity contribution in [2.45, 2.75) is 32.1 Å². The van der Waals surface area contributed by atoms with Crippen molar-refractivity contribution in [1.82, 2.24) is 30.1 Å². The second-order valence-corrected chi connectivity index (χ2v) is 9.92. The number of rotatable bonds is 6. The van der Waals surface area contributed by atoms with Crippen LogP contribution in [0.3, 0.4) is 0 Å². The van der Waals surface area contributed by atoms with E-state index in [1.165, 1.54) is 31.3 Å². The second kappa shape index (κ2) is 8.85. The summed E-state index contributed by atoms with van der Waals surface area (Å²) in [5.41, 5.74) is 9.87. The Morgan fingerprint density at radius 2 is 1.81 bits per heavy atom. The summed E-state index contributed by atoms with van der Waals surface area (Å²) in [6.45, 7) is 4.28. The van der Waals surface area contributed by atoms with Crippen molar-refractivity contribution >= 4 is 33.2 Å². The third-order valence-electron chi connectivity index (χ3n) is 7.53. The third kappa shape index (κ3) is 3.93. The Labute approximate surface area is 214 Å². The number of anilines is 1. The highest BCUT2D eigenvalue weighted by Crippen LogP contribution is 2.35. The van der Waals surface area contributed by atoms with Gasteiger partial charge in [-0.05, 0) is 49.0 Å². The Bertz CT molecular complexity index is 1710. The fraction of sp³-hybridized carbons (Fsp3) is 0.200. The van der Waals surface area contributed by atoms with Crippen molar-refractivity contribution in [3.63, 3.8) is 0 Å². The predicted octanol–water partition coefficient (Wildman–Crippen LogP) is 7.02. The first-order valence-electron chi connectivity index (χ1n) is 12.8. The number of aromatic nitrogens is 6. The number of H-pyrrole nitrogens is 2. The summed E-state index contributed by atoms with van der Waals surface area (Å²) in [5.74, 6) is 0.545. The van der Waals surface area contributed by atoms with Crippen LogP contribution in [0.25, 0.3) is 50.0 Å². The van der Waals surface area contributed by atoms with Gasteiger partial charge in [0.05, 0.1) is 35.0 Å². The molecule has 182 valence electrons. The summed E-state index contributed by atoms with van der Waals surface area (Å²) < 4.78 is 0. The minimum absolute atomic E-state index is 0.545. The van der Waals surface area contributed by atoms with E-state index in [1.54, 1.807) is 0 Å². The monoisotopic (exact) mass is 485 g/mol. The number of hydrogen-bond acceptors (Lipinski definition) is 5. The quantitative estimate of drug-likeness (QED) is 0.240. The average Bonchev–Trinajstić information content (AvgIpc) is 3.74. The molecule has 0 bridgehead atoms. The number of nitrogens with zero attached hydrogens (tertiary/aromatic N) is 4. The Morgan fingerprint density at radius 1 is 0.946 bits per heavy atom. The summed E-state index contributed by atoms with van der Waals surface area (Å²) in [6, 6.07) is 6.40. The van der Waals surface area contributed by atoms with E-state index >= 15 is 0 Å². The Kier molecular flexibility index (Phi) is 5.20. The molecule has 5 heterocycles. The van der Waals surface area contributed by atoms with E-state index in [9.17, 15) is 0 Å². The molecule has 0 saturated heterocycles. The van der Waals surface area contributed by atoms with Crippen LogP contribution in [0, 0.1) is 5.92 Å². The van der Waals surface area contributed by atoms with E-state index < -0.39 is 0 Å². The van der Waals surface area contributed by atoms with Gasteiger partial charge in [0.25, 0.3) is 0 Å². The topological polar surface area (TPSA) is 95.2 Å². The number of hydrogen-bond donors (Lipinski definition) is 3. The lowest BCUT2D eigenvalue weighted by molar-refractivity contribution is 0.649. The van der Waals surface area contributed by atoms with Gasteiger partial charge in [-0.1, -0.05) is 37.6 Å². The second-order valence-electron chi connectivity index (χ2n) is 9.92. The van der Waals surface area contributed by atoms with Crippen LogP contribution in [0.5, 0.6) is 0 Å². The fourth-order valence-corrected chi connectivity index (χ4v) is 5.56. The zero-order valence-electron chi connectivity index (χ0n) is 20.5. The highest BCUT2D eigenvalue weighted by Gasteiger charge is 2.19. The SMILES string of the molecule is C=C(Nc1cncc(-c2cnc3n[nH]c(-c4cc5c(C6=CCC=C6)cncc5[nH]4)c3c2)c1)C1CCCC1. The van der Waals surface area contributed by atoms with Crippen molar-refractivity contribution in [1.29, 1.82) is 0 Å². The van der Waals surface area contributed by atoms with Gasteiger partial charge in [0.1, 0.15) is 0 Å². The van der Waals surface area contributed by atoms with Crippen LogP contribution in [0.1, 0.15) is 37.7 Å². The van der Waals surface area contributed by atoms with Gasteiger partial charge in [0.2, 0.25) is 0 Å². The van der Waals surface area contributed by atoms with Crippen LogP contribution >= 0.6 is 0 Å². The molecule has 0 atom stereocenters. The Morgan fingerprint density at radius 3 is 2.68 bits per heavy atom. The molecule has 7 nitrogen and oxygen atoms in total. The van der Waals surface area contributed by atoms with Crippen LogP contribution in [0.2, 0.25) is 0 Å². The van der Waals surface area contributed by atoms with Crippen LogP contribution in [-0.2, 0) is 0 Å². The van der Waals surface area contributed by atoms with Crippen molar-refractivity contribution in [3.8, 4) is 22.5 Å². The summed E-state index contributed by atoms with van der Waals surface area (Å²) in [5, 5.41) is 13.2. The van der Waals surface area contributed by atoms with Gasteiger partial charge in [-0.3, -0.25) is 15.1 Å². The molecule has 5 aromatic rings. The van der Waals surface area contributed by atoms with E-state index in [2.05, 4.69) is 78.5 Å². The minimum atomic E-state index is 0.545. The number of nitrogens with one attached hydrogen (secondary N) is 3. The lowest BCUT2D eigenvalue weighted by atomic mass is 10.0. The zero-order valence-corrected chi connectivity index (χ0v) is 20.5.